The molecule has 0 bridgehead atoms. The molecule has 0 fully saturated rings. The maximum atomic E-state index is 6.16. The van der Waals surface area contributed by atoms with E-state index in [9.17, 15) is 0 Å². The fourth-order valence-corrected chi connectivity index (χ4v) is 2.90. The third-order valence-electron chi connectivity index (χ3n) is 2.21. The van der Waals surface area contributed by atoms with Crippen LogP contribution in [0.4, 0.5) is 0 Å². The normalized spacial score (nSPS) is 10.8. The van der Waals surface area contributed by atoms with Crippen molar-refractivity contribution < 1.29 is 0 Å². The number of hydrogen-bond donors (Lipinski definition) is 1. The lowest BCUT2D eigenvalue weighted by Gasteiger charge is -2.07. The van der Waals surface area contributed by atoms with E-state index in [1.54, 1.807) is 16.8 Å². The molecule has 0 radical (unpaired) electrons. The molecule has 1 heterocycles. The van der Waals surface area contributed by atoms with E-state index in [2.05, 4.69) is 26.3 Å². The Morgan fingerprint density at radius 2 is 2.00 bits per heavy atom. The molecular formula is C11H10BrCl2N3. The summed E-state index contributed by atoms with van der Waals surface area (Å²) in [7, 11) is 1.87. The lowest BCUT2D eigenvalue weighted by molar-refractivity contribution is 0.757. The fourth-order valence-electron chi connectivity index (χ4n) is 1.52. The molecule has 1 N–H and O–H groups in total. The van der Waals surface area contributed by atoms with Gasteiger partial charge in [-0.05, 0) is 25.2 Å². The first-order valence-electron chi connectivity index (χ1n) is 4.96. The molecule has 0 amide bonds. The molecule has 0 unspecified atom stereocenters. The lowest BCUT2D eigenvalue weighted by atomic mass is 10.3. The highest BCUT2D eigenvalue weighted by atomic mass is 79.9. The Morgan fingerprint density at radius 1 is 1.35 bits per heavy atom. The molecule has 0 spiro atoms. The van der Waals surface area contributed by atoms with Gasteiger partial charge in [0, 0.05) is 17.2 Å². The molecule has 0 aliphatic carbocycles. The van der Waals surface area contributed by atoms with Gasteiger partial charge in [0.15, 0.2) is 0 Å². The minimum absolute atomic E-state index is 0.559. The van der Waals surface area contributed by atoms with E-state index in [1.807, 2.05) is 19.3 Å². The van der Waals surface area contributed by atoms with Gasteiger partial charge in [0.1, 0.15) is 5.69 Å². The average molecular weight is 335 g/mol. The minimum Gasteiger partial charge on any atom is -0.314 e. The quantitative estimate of drug-likeness (QED) is 0.928. The molecule has 0 atom stereocenters. The van der Waals surface area contributed by atoms with E-state index in [0.717, 1.165) is 10.2 Å². The zero-order valence-electron chi connectivity index (χ0n) is 9.04. The second-order valence-electron chi connectivity index (χ2n) is 3.50. The van der Waals surface area contributed by atoms with Gasteiger partial charge in [-0.3, -0.25) is 0 Å². The van der Waals surface area contributed by atoms with Crippen LogP contribution in [0.3, 0.4) is 0 Å². The first kappa shape index (κ1) is 12.9. The minimum atomic E-state index is 0.559. The van der Waals surface area contributed by atoms with Gasteiger partial charge < -0.3 is 5.32 Å². The summed E-state index contributed by atoms with van der Waals surface area (Å²) in [6.07, 6.45) is 1.84. The second kappa shape index (κ2) is 5.40. The van der Waals surface area contributed by atoms with Gasteiger partial charge in [-0.15, -0.1) is 0 Å². The molecule has 0 saturated heterocycles. The van der Waals surface area contributed by atoms with Gasteiger partial charge in [0.05, 0.1) is 15.7 Å². The number of halogens is 3. The van der Waals surface area contributed by atoms with Crippen LogP contribution in [0, 0.1) is 0 Å². The monoisotopic (exact) mass is 333 g/mol. The van der Waals surface area contributed by atoms with Crippen LogP contribution in [-0.2, 0) is 6.54 Å². The Morgan fingerprint density at radius 3 is 2.59 bits per heavy atom. The first-order chi connectivity index (χ1) is 8.11. The van der Waals surface area contributed by atoms with Crippen molar-refractivity contribution in [2.24, 2.45) is 0 Å². The number of rotatable bonds is 3. The first-order valence-corrected chi connectivity index (χ1v) is 6.51. The largest absolute Gasteiger partial charge is 0.314 e. The highest BCUT2D eigenvalue weighted by molar-refractivity contribution is 9.10. The molecule has 0 aliphatic rings. The molecule has 6 heteroatoms. The summed E-state index contributed by atoms with van der Waals surface area (Å²) in [5.41, 5.74) is 1.63. The van der Waals surface area contributed by atoms with Gasteiger partial charge in [0.25, 0.3) is 0 Å². The summed E-state index contributed by atoms with van der Waals surface area (Å²) < 4.78 is 2.53. The van der Waals surface area contributed by atoms with Gasteiger partial charge in [0.2, 0.25) is 0 Å². The van der Waals surface area contributed by atoms with Crippen LogP contribution in [0.1, 0.15) is 5.69 Å². The molecule has 90 valence electrons. The van der Waals surface area contributed by atoms with Crippen LogP contribution < -0.4 is 5.32 Å². The van der Waals surface area contributed by atoms with E-state index in [4.69, 9.17) is 23.2 Å². The smallest absolute Gasteiger partial charge is 0.102 e. The fraction of sp³-hybridized carbons (Fsp3) is 0.182. The zero-order valence-corrected chi connectivity index (χ0v) is 12.1. The summed E-state index contributed by atoms with van der Waals surface area (Å²) in [5.74, 6) is 0. The van der Waals surface area contributed by atoms with Crippen molar-refractivity contribution in [3.05, 3.63) is 44.6 Å². The number of nitrogens with one attached hydrogen (secondary N) is 1. The number of benzene rings is 1. The molecule has 0 saturated carbocycles. The summed E-state index contributed by atoms with van der Waals surface area (Å²) in [4.78, 5) is 0. The topological polar surface area (TPSA) is 29.9 Å². The van der Waals surface area contributed by atoms with E-state index in [0.29, 0.717) is 22.3 Å². The molecule has 1 aromatic heterocycles. The number of nitrogens with zero attached hydrogens (tertiary/aromatic N) is 2. The Kier molecular flexibility index (Phi) is 4.09. The predicted octanol–water partition coefficient (Wildman–Crippen LogP) is 3.66. The van der Waals surface area contributed by atoms with E-state index in [1.165, 1.54) is 0 Å². The van der Waals surface area contributed by atoms with Crippen molar-refractivity contribution in [3.63, 3.8) is 0 Å². The van der Waals surface area contributed by atoms with E-state index in [-0.39, 0.29) is 0 Å². The Bertz CT molecular complexity index is 516. The summed E-state index contributed by atoms with van der Waals surface area (Å²) in [5, 5.41) is 8.55. The van der Waals surface area contributed by atoms with Crippen LogP contribution in [0.15, 0.2) is 28.9 Å². The SMILES string of the molecule is CNCc1ccn(-c2c(Cl)cc(Br)cc2Cl)n1. The Labute approximate surface area is 118 Å². The van der Waals surface area contributed by atoms with E-state index >= 15 is 0 Å². The maximum absolute atomic E-state index is 6.16. The molecule has 3 nitrogen and oxygen atoms in total. The van der Waals surface area contributed by atoms with Crippen molar-refractivity contribution in [3.8, 4) is 5.69 Å². The Hall–Kier alpha value is -0.550. The van der Waals surface area contributed by atoms with Crippen LogP contribution in [-0.4, -0.2) is 16.8 Å². The van der Waals surface area contributed by atoms with Crippen LogP contribution in [0.2, 0.25) is 10.0 Å². The van der Waals surface area contributed by atoms with Gasteiger partial charge in [-0.25, -0.2) is 4.68 Å². The molecule has 0 aliphatic heterocycles. The second-order valence-corrected chi connectivity index (χ2v) is 5.23. The Balaban J connectivity index is 2.45. The summed E-state index contributed by atoms with van der Waals surface area (Å²) in [6, 6.07) is 5.51. The van der Waals surface area contributed by atoms with Crippen LogP contribution in [0.25, 0.3) is 5.69 Å². The van der Waals surface area contributed by atoms with Gasteiger partial charge in [-0.1, -0.05) is 39.1 Å². The third-order valence-corrected chi connectivity index (χ3v) is 3.25. The van der Waals surface area contributed by atoms with Crippen molar-refractivity contribution in [1.82, 2.24) is 15.1 Å². The molecule has 1 aromatic carbocycles. The molecular weight excluding hydrogens is 325 g/mol. The van der Waals surface area contributed by atoms with Crippen molar-refractivity contribution in [2.75, 3.05) is 7.05 Å². The molecule has 17 heavy (non-hydrogen) atoms. The van der Waals surface area contributed by atoms with Crippen LogP contribution in [0.5, 0.6) is 0 Å². The predicted molar refractivity (Wildman–Crippen MR) is 74.0 cm³/mol. The number of hydrogen-bond acceptors (Lipinski definition) is 2. The molecule has 2 aromatic rings. The number of aromatic nitrogens is 2. The summed E-state index contributed by atoms with van der Waals surface area (Å²) >= 11 is 15.7. The lowest BCUT2D eigenvalue weighted by Crippen LogP contribution is -2.06. The summed E-state index contributed by atoms with van der Waals surface area (Å²) in [6.45, 7) is 0.707. The highest BCUT2D eigenvalue weighted by Crippen LogP contribution is 2.31. The maximum Gasteiger partial charge on any atom is 0.102 e. The van der Waals surface area contributed by atoms with Crippen molar-refractivity contribution in [2.45, 2.75) is 6.54 Å². The van der Waals surface area contributed by atoms with E-state index < -0.39 is 0 Å². The average Bonchev–Trinajstić information content (AvgIpc) is 2.65. The third kappa shape index (κ3) is 2.83. The standard InChI is InChI=1S/C11H10BrCl2N3/c1-15-6-8-2-3-17(16-8)11-9(13)4-7(12)5-10(11)14/h2-5,15H,6H2,1H3. The van der Waals surface area contributed by atoms with Gasteiger partial charge in [-0.2, -0.15) is 5.10 Å². The zero-order chi connectivity index (χ0) is 12.4. The van der Waals surface area contributed by atoms with Crippen molar-refractivity contribution in [1.29, 1.82) is 0 Å². The highest BCUT2D eigenvalue weighted by Gasteiger charge is 2.11. The van der Waals surface area contributed by atoms with Gasteiger partial charge >= 0.3 is 0 Å². The molecule has 2 rings (SSSR count). The van der Waals surface area contributed by atoms with Crippen LogP contribution >= 0.6 is 39.1 Å². The van der Waals surface area contributed by atoms with Crippen molar-refractivity contribution >= 4 is 39.1 Å².